The maximum Gasteiger partial charge on any atom is 0.311 e. The number of carboxylic acid groups (broad SMARTS) is 1. The van der Waals surface area contributed by atoms with E-state index in [2.05, 4.69) is 21.9 Å². The van der Waals surface area contributed by atoms with Crippen LogP contribution in [0.5, 0.6) is 0 Å². The van der Waals surface area contributed by atoms with Gasteiger partial charge in [-0.05, 0) is 98.2 Å². The van der Waals surface area contributed by atoms with Crippen LogP contribution in [0.15, 0.2) is 55.0 Å². The Morgan fingerprint density at radius 2 is 1.86 bits per heavy atom. The highest BCUT2D eigenvalue weighted by Gasteiger charge is 2.30. The van der Waals surface area contributed by atoms with E-state index in [1.165, 1.54) is 18.4 Å². The molecule has 2 amide bonds. The van der Waals surface area contributed by atoms with Crippen molar-refractivity contribution in [1.82, 2.24) is 19.7 Å². The second-order valence-corrected chi connectivity index (χ2v) is 12.3. The summed E-state index contributed by atoms with van der Waals surface area (Å²) in [6, 6.07) is 10.7. The topological polar surface area (TPSA) is 118 Å². The Hall–Kier alpha value is -4.40. The predicted octanol–water partition coefficient (Wildman–Crippen LogP) is 5.99. The summed E-state index contributed by atoms with van der Waals surface area (Å²) in [5.41, 5.74) is 5.65. The minimum atomic E-state index is -0.931. The van der Waals surface area contributed by atoms with E-state index in [1.807, 2.05) is 66.5 Å². The fourth-order valence-electron chi connectivity index (χ4n) is 5.87. The molecule has 2 fully saturated rings. The SMILES string of the molecule is CCC(C(=O)O)c1ccc(Cn2cc(C)cn2)cc1NC(=O)C(C)n1cc(C2CC2)c2ccc(C(=O)NCC3CC3)cc21. The fraction of sp³-hybridized carbons (Fsp3) is 0.412. The molecular weight excluding hydrogens is 542 g/mol. The predicted molar refractivity (Wildman–Crippen MR) is 165 cm³/mol. The molecule has 2 saturated carbocycles. The summed E-state index contributed by atoms with van der Waals surface area (Å²) >= 11 is 0. The maximum absolute atomic E-state index is 13.9. The van der Waals surface area contributed by atoms with Crippen molar-refractivity contribution < 1.29 is 19.5 Å². The van der Waals surface area contributed by atoms with Crippen LogP contribution in [-0.4, -0.2) is 43.8 Å². The molecule has 2 aliphatic carbocycles. The average Bonchev–Trinajstić information content (AvgIpc) is 3.92. The van der Waals surface area contributed by atoms with E-state index in [-0.39, 0.29) is 11.8 Å². The van der Waals surface area contributed by atoms with E-state index in [4.69, 9.17) is 0 Å². The zero-order valence-electron chi connectivity index (χ0n) is 25.0. The number of carbonyl (C=O) groups excluding carboxylic acids is 2. The molecule has 0 spiro atoms. The first-order valence-electron chi connectivity index (χ1n) is 15.3. The molecule has 9 heteroatoms. The van der Waals surface area contributed by atoms with Crippen molar-refractivity contribution in [3.63, 3.8) is 0 Å². The van der Waals surface area contributed by atoms with Gasteiger partial charge in [0.2, 0.25) is 5.91 Å². The summed E-state index contributed by atoms with van der Waals surface area (Å²) in [6.07, 6.45) is 10.7. The highest BCUT2D eigenvalue weighted by molar-refractivity contribution is 6.00. The van der Waals surface area contributed by atoms with Crippen molar-refractivity contribution in [2.45, 2.75) is 77.3 Å². The summed E-state index contributed by atoms with van der Waals surface area (Å²) in [7, 11) is 0. The third-order valence-electron chi connectivity index (χ3n) is 8.75. The van der Waals surface area contributed by atoms with Gasteiger partial charge in [0, 0.05) is 41.1 Å². The van der Waals surface area contributed by atoms with E-state index < -0.39 is 17.9 Å². The van der Waals surface area contributed by atoms with Gasteiger partial charge < -0.3 is 20.3 Å². The lowest BCUT2D eigenvalue weighted by molar-refractivity contribution is -0.138. The second-order valence-electron chi connectivity index (χ2n) is 12.3. The van der Waals surface area contributed by atoms with Crippen LogP contribution in [0.2, 0.25) is 0 Å². The third-order valence-corrected chi connectivity index (χ3v) is 8.75. The van der Waals surface area contributed by atoms with Gasteiger partial charge >= 0.3 is 5.97 Å². The Morgan fingerprint density at radius 3 is 2.51 bits per heavy atom. The number of carboxylic acids is 1. The molecule has 224 valence electrons. The Balaban J connectivity index is 1.31. The van der Waals surface area contributed by atoms with Crippen molar-refractivity contribution >= 4 is 34.4 Å². The number of benzene rings is 2. The van der Waals surface area contributed by atoms with Gasteiger partial charge in [-0.2, -0.15) is 5.10 Å². The number of nitrogens with zero attached hydrogens (tertiary/aromatic N) is 3. The van der Waals surface area contributed by atoms with Crippen molar-refractivity contribution in [2.75, 3.05) is 11.9 Å². The molecule has 4 aromatic rings. The number of carbonyl (C=O) groups is 3. The van der Waals surface area contributed by atoms with Crippen LogP contribution in [0, 0.1) is 12.8 Å². The maximum atomic E-state index is 13.9. The number of anilines is 1. The minimum Gasteiger partial charge on any atom is -0.481 e. The van der Waals surface area contributed by atoms with Crippen LogP contribution in [-0.2, 0) is 16.1 Å². The number of aryl methyl sites for hydroxylation is 1. The normalized spacial score (nSPS) is 16.2. The lowest BCUT2D eigenvalue weighted by atomic mass is 9.93. The Morgan fingerprint density at radius 1 is 1.07 bits per heavy atom. The number of aliphatic carboxylic acids is 1. The molecule has 0 radical (unpaired) electrons. The van der Waals surface area contributed by atoms with Crippen LogP contribution < -0.4 is 10.6 Å². The van der Waals surface area contributed by atoms with Gasteiger partial charge in [-0.15, -0.1) is 0 Å². The lowest BCUT2D eigenvalue weighted by Crippen LogP contribution is -2.26. The molecule has 43 heavy (non-hydrogen) atoms. The van der Waals surface area contributed by atoms with Crippen LogP contribution in [0.4, 0.5) is 5.69 Å². The molecule has 0 bridgehead atoms. The van der Waals surface area contributed by atoms with Gasteiger partial charge in [-0.1, -0.05) is 25.1 Å². The molecule has 0 saturated heterocycles. The molecular formula is C34H39N5O4. The Labute approximate surface area is 251 Å². The van der Waals surface area contributed by atoms with Gasteiger partial charge in [-0.25, -0.2) is 0 Å². The molecule has 2 unspecified atom stereocenters. The standard InChI is InChI=1S/C34H39N5O4/c1-4-26(34(42)43)27-11-7-23(18-38-17-20(2)15-36-38)13-30(27)37-32(40)21(3)39-19-29(24-8-9-24)28-12-10-25(14-31(28)39)33(41)35-16-22-5-6-22/h7,10-15,17,19,21-22,24,26H,4-6,8-9,16,18H2,1-3H3,(H,35,41)(H,37,40)(H,42,43). The molecule has 6 rings (SSSR count). The van der Waals surface area contributed by atoms with Gasteiger partial charge in [0.05, 0.1) is 18.7 Å². The number of rotatable bonds is 12. The first-order valence-corrected chi connectivity index (χ1v) is 15.3. The number of hydrogen-bond acceptors (Lipinski definition) is 4. The van der Waals surface area contributed by atoms with Crippen molar-refractivity contribution in [3.8, 4) is 0 Å². The summed E-state index contributed by atoms with van der Waals surface area (Å²) in [4.78, 5) is 38.9. The second kappa shape index (κ2) is 11.7. The van der Waals surface area contributed by atoms with E-state index in [9.17, 15) is 19.5 Å². The molecule has 0 aliphatic heterocycles. The zero-order chi connectivity index (χ0) is 30.2. The van der Waals surface area contributed by atoms with Gasteiger partial charge in [0.15, 0.2) is 0 Å². The molecule has 9 nitrogen and oxygen atoms in total. The van der Waals surface area contributed by atoms with Crippen LogP contribution in [0.3, 0.4) is 0 Å². The number of aromatic nitrogens is 3. The lowest BCUT2D eigenvalue weighted by Gasteiger charge is -2.20. The average molecular weight is 582 g/mol. The summed E-state index contributed by atoms with van der Waals surface area (Å²) < 4.78 is 3.78. The van der Waals surface area contributed by atoms with E-state index >= 15 is 0 Å². The zero-order valence-corrected chi connectivity index (χ0v) is 25.0. The number of nitrogens with one attached hydrogen (secondary N) is 2. The highest BCUT2D eigenvalue weighted by Crippen LogP contribution is 2.44. The fourth-order valence-corrected chi connectivity index (χ4v) is 5.87. The Kier molecular flexibility index (Phi) is 7.81. The van der Waals surface area contributed by atoms with Gasteiger partial charge in [-0.3, -0.25) is 19.1 Å². The summed E-state index contributed by atoms with van der Waals surface area (Å²) in [5.74, 6) is -0.987. The summed E-state index contributed by atoms with van der Waals surface area (Å²) in [5, 5.41) is 21.5. The molecule has 2 heterocycles. The van der Waals surface area contributed by atoms with E-state index in [1.54, 1.807) is 12.3 Å². The van der Waals surface area contributed by atoms with Crippen molar-refractivity contribution in [1.29, 1.82) is 0 Å². The number of fused-ring (bicyclic) bond motifs is 1. The number of hydrogen-bond donors (Lipinski definition) is 3. The van der Waals surface area contributed by atoms with Crippen molar-refractivity contribution in [3.05, 3.63) is 82.8 Å². The van der Waals surface area contributed by atoms with E-state index in [0.717, 1.165) is 34.9 Å². The molecule has 2 aromatic heterocycles. The van der Waals surface area contributed by atoms with Crippen LogP contribution in [0.25, 0.3) is 10.9 Å². The third kappa shape index (κ3) is 6.21. The quantitative estimate of drug-likeness (QED) is 0.190. The molecule has 2 aliphatic rings. The van der Waals surface area contributed by atoms with Crippen molar-refractivity contribution in [2.24, 2.45) is 5.92 Å². The molecule has 3 N–H and O–H groups in total. The first-order chi connectivity index (χ1) is 20.7. The smallest absolute Gasteiger partial charge is 0.311 e. The highest BCUT2D eigenvalue weighted by atomic mass is 16.4. The van der Waals surface area contributed by atoms with Gasteiger partial charge in [0.1, 0.15) is 6.04 Å². The molecule has 2 aromatic carbocycles. The van der Waals surface area contributed by atoms with Gasteiger partial charge in [0.25, 0.3) is 5.91 Å². The minimum absolute atomic E-state index is 0.0975. The van der Waals surface area contributed by atoms with Crippen LogP contribution in [0.1, 0.15) is 96.4 Å². The molecule has 2 atom stereocenters. The first kappa shape index (κ1) is 28.7. The van der Waals surface area contributed by atoms with E-state index in [0.29, 0.717) is 48.2 Å². The monoisotopic (exact) mass is 581 g/mol. The number of amides is 2. The largest absolute Gasteiger partial charge is 0.481 e. The summed E-state index contributed by atoms with van der Waals surface area (Å²) in [6.45, 7) is 6.84. The van der Waals surface area contributed by atoms with Crippen LogP contribution >= 0.6 is 0 Å². The Bertz CT molecular complexity index is 1690.